The number of carbonyl (C=O) groups excluding carboxylic acids is 1. The van der Waals surface area contributed by atoms with Crippen LogP contribution in [0.2, 0.25) is 0 Å². The van der Waals surface area contributed by atoms with Crippen LogP contribution in [-0.4, -0.2) is 28.3 Å². The molecule has 0 saturated heterocycles. The summed E-state index contributed by atoms with van der Waals surface area (Å²) in [6.07, 6.45) is 5.28. The van der Waals surface area contributed by atoms with E-state index >= 15 is 0 Å². The molecule has 0 aliphatic carbocycles. The fraction of sp³-hybridized carbons (Fsp3) is 0.538. The van der Waals surface area contributed by atoms with Gasteiger partial charge in [0.15, 0.2) is 0 Å². The minimum absolute atomic E-state index is 0.0570. The van der Waals surface area contributed by atoms with Gasteiger partial charge in [0.25, 0.3) is 0 Å². The average molecular weight is 250 g/mol. The van der Waals surface area contributed by atoms with Crippen molar-refractivity contribution < 1.29 is 4.79 Å². The molecule has 0 fully saturated rings. The first-order valence-corrected chi connectivity index (χ1v) is 6.05. The molecule has 1 rings (SSSR count). The summed E-state index contributed by atoms with van der Waals surface area (Å²) in [4.78, 5) is 11.7. The summed E-state index contributed by atoms with van der Waals surface area (Å²) in [7, 11) is 0. The van der Waals surface area contributed by atoms with Crippen molar-refractivity contribution in [2.45, 2.75) is 39.3 Å². The molecular weight excluding hydrogens is 228 g/mol. The predicted octanol–water partition coefficient (Wildman–Crippen LogP) is 1.74. The third-order valence-corrected chi connectivity index (χ3v) is 2.47. The Morgan fingerprint density at radius 3 is 2.78 bits per heavy atom. The van der Waals surface area contributed by atoms with Crippen LogP contribution >= 0.6 is 0 Å². The van der Waals surface area contributed by atoms with E-state index in [2.05, 4.69) is 43.1 Å². The molecule has 0 unspecified atom stereocenters. The smallest absolute Gasteiger partial charge is 0.242 e. The summed E-state index contributed by atoms with van der Waals surface area (Å²) in [6.45, 7) is 12.1. The second-order valence-electron chi connectivity index (χ2n) is 5.24. The first-order chi connectivity index (χ1) is 8.34. The van der Waals surface area contributed by atoms with E-state index in [-0.39, 0.29) is 17.5 Å². The first kappa shape index (κ1) is 14.3. The maximum absolute atomic E-state index is 11.7. The number of carbonyl (C=O) groups is 1. The van der Waals surface area contributed by atoms with E-state index in [1.807, 2.05) is 17.8 Å². The molecule has 0 aliphatic rings. The normalized spacial score (nSPS) is 12.9. The Balaban J connectivity index is 2.59. The predicted molar refractivity (Wildman–Crippen MR) is 73.5 cm³/mol. The van der Waals surface area contributed by atoms with Crippen LogP contribution in [0.5, 0.6) is 0 Å². The fourth-order valence-electron chi connectivity index (χ4n) is 1.41. The maximum atomic E-state index is 11.7. The van der Waals surface area contributed by atoms with Gasteiger partial charge in [-0.1, -0.05) is 6.08 Å². The number of aromatic nitrogens is 2. The lowest BCUT2D eigenvalue weighted by Crippen LogP contribution is -2.37. The zero-order valence-electron chi connectivity index (χ0n) is 11.5. The van der Waals surface area contributed by atoms with Crippen LogP contribution in [-0.2, 0) is 10.3 Å². The summed E-state index contributed by atoms with van der Waals surface area (Å²) in [5.41, 5.74) is 0.778. The third kappa shape index (κ3) is 3.91. The second kappa shape index (κ2) is 5.71. The molecule has 0 spiro atoms. The molecule has 2 N–H and O–H groups in total. The van der Waals surface area contributed by atoms with Crippen molar-refractivity contribution in [3.8, 4) is 0 Å². The lowest BCUT2D eigenvalue weighted by Gasteiger charge is -2.19. The van der Waals surface area contributed by atoms with Crippen molar-refractivity contribution in [2.24, 2.45) is 0 Å². The first-order valence-electron chi connectivity index (χ1n) is 6.05. The number of nitrogens with one attached hydrogen (secondary N) is 2. The standard InChI is InChI=1S/C13H22N4O/c1-6-7-14-12(18)10(2)16-11-8-15-17(9-11)13(3,4)5/h6,8-10,16H,1,7H2,2-5H3,(H,14,18)/t10-/m0/s1. The van der Waals surface area contributed by atoms with Gasteiger partial charge in [-0.3, -0.25) is 9.48 Å². The fourth-order valence-corrected chi connectivity index (χ4v) is 1.41. The Hall–Kier alpha value is -1.78. The van der Waals surface area contributed by atoms with Crippen LogP contribution in [0.3, 0.4) is 0 Å². The van der Waals surface area contributed by atoms with Gasteiger partial charge in [-0.05, 0) is 27.7 Å². The van der Waals surface area contributed by atoms with Crippen molar-refractivity contribution in [1.82, 2.24) is 15.1 Å². The van der Waals surface area contributed by atoms with E-state index in [9.17, 15) is 4.79 Å². The highest BCUT2D eigenvalue weighted by atomic mass is 16.2. The van der Waals surface area contributed by atoms with Gasteiger partial charge in [-0.15, -0.1) is 6.58 Å². The summed E-state index contributed by atoms with van der Waals surface area (Å²) in [6, 6.07) is -0.303. The molecule has 1 heterocycles. The molecule has 100 valence electrons. The molecule has 5 nitrogen and oxygen atoms in total. The van der Waals surface area contributed by atoms with E-state index in [0.717, 1.165) is 5.69 Å². The van der Waals surface area contributed by atoms with Crippen molar-refractivity contribution >= 4 is 11.6 Å². The SMILES string of the molecule is C=CCNC(=O)[C@H](C)Nc1cnn(C(C)(C)C)c1. The highest BCUT2D eigenvalue weighted by Gasteiger charge is 2.16. The Labute approximate surface area is 108 Å². The third-order valence-electron chi connectivity index (χ3n) is 2.47. The van der Waals surface area contributed by atoms with Gasteiger partial charge >= 0.3 is 0 Å². The highest BCUT2D eigenvalue weighted by molar-refractivity contribution is 5.84. The lowest BCUT2D eigenvalue weighted by molar-refractivity contribution is -0.121. The van der Waals surface area contributed by atoms with Gasteiger partial charge in [-0.25, -0.2) is 0 Å². The van der Waals surface area contributed by atoms with E-state index in [0.29, 0.717) is 6.54 Å². The molecule has 0 bridgehead atoms. The van der Waals surface area contributed by atoms with Crippen LogP contribution in [0, 0.1) is 0 Å². The molecule has 0 radical (unpaired) electrons. The van der Waals surface area contributed by atoms with Gasteiger partial charge in [0.2, 0.25) is 5.91 Å². The zero-order valence-corrected chi connectivity index (χ0v) is 11.5. The van der Waals surface area contributed by atoms with E-state index < -0.39 is 0 Å². The number of amides is 1. The molecule has 0 aliphatic heterocycles. The Morgan fingerprint density at radius 2 is 2.28 bits per heavy atom. The molecule has 18 heavy (non-hydrogen) atoms. The molecule has 5 heteroatoms. The van der Waals surface area contributed by atoms with E-state index in [1.165, 1.54) is 0 Å². The van der Waals surface area contributed by atoms with Gasteiger partial charge in [0.1, 0.15) is 6.04 Å². The number of hydrogen-bond donors (Lipinski definition) is 2. The van der Waals surface area contributed by atoms with E-state index in [4.69, 9.17) is 0 Å². The molecule has 0 saturated carbocycles. The summed E-state index contributed by atoms with van der Waals surface area (Å²) in [5, 5.41) is 10.1. The van der Waals surface area contributed by atoms with Crippen molar-refractivity contribution in [1.29, 1.82) is 0 Å². The van der Waals surface area contributed by atoms with Crippen LogP contribution < -0.4 is 10.6 Å². The molecule has 1 amide bonds. The minimum atomic E-state index is -0.303. The van der Waals surface area contributed by atoms with Crippen molar-refractivity contribution in [3.05, 3.63) is 25.0 Å². The maximum Gasteiger partial charge on any atom is 0.242 e. The molecule has 1 atom stereocenters. The largest absolute Gasteiger partial charge is 0.371 e. The van der Waals surface area contributed by atoms with E-state index in [1.54, 1.807) is 12.3 Å². The van der Waals surface area contributed by atoms with Gasteiger partial charge in [0, 0.05) is 12.7 Å². The van der Waals surface area contributed by atoms with Gasteiger partial charge < -0.3 is 10.6 Å². The average Bonchev–Trinajstić information content (AvgIpc) is 2.73. The zero-order chi connectivity index (χ0) is 13.8. The van der Waals surface area contributed by atoms with Crippen LogP contribution in [0.1, 0.15) is 27.7 Å². The van der Waals surface area contributed by atoms with Gasteiger partial charge in [0.05, 0.1) is 17.4 Å². The minimum Gasteiger partial charge on any atom is -0.371 e. The number of rotatable bonds is 5. The topological polar surface area (TPSA) is 59.0 Å². The molecule has 1 aromatic rings. The summed E-state index contributed by atoms with van der Waals surface area (Å²) < 4.78 is 1.86. The molecular formula is C13H22N4O. The van der Waals surface area contributed by atoms with Crippen LogP contribution in [0.4, 0.5) is 5.69 Å². The monoisotopic (exact) mass is 250 g/mol. The Bertz CT molecular complexity index is 417. The van der Waals surface area contributed by atoms with Crippen LogP contribution in [0.25, 0.3) is 0 Å². The summed E-state index contributed by atoms with van der Waals surface area (Å²) >= 11 is 0. The van der Waals surface area contributed by atoms with Crippen molar-refractivity contribution in [3.63, 3.8) is 0 Å². The Morgan fingerprint density at radius 1 is 1.61 bits per heavy atom. The number of hydrogen-bond acceptors (Lipinski definition) is 3. The number of nitrogens with zero attached hydrogens (tertiary/aromatic N) is 2. The van der Waals surface area contributed by atoms with Gasteiger partial charge in [-0.2, -0.15) is 5.10 Å². The number of anilines is 1. The van der Waals surface area contributed by atoms with Crippen molar-refractivity contribution in [2.75, 3.05) is 11.9 Å². The quantitative estimate of drug-likeness (QED) is 0.783. The highest BCUT2D eigenvalue weighted by Crippen LogP contribution is 2.16. The molecule has 0 aromatic carbocycles. The second-order valence-corrected chi connectivity index (χ2v) is 5.24. The Kier molecular flexibility index (Phi) is 4.53. The van der Waals surface area contributed by atoms with Crippen LogP contribution in [0.15, 0.2) is 25.0 Å². The summed E-state index contributed by atoms with van der Waals surface area (Å²) in [5.74, 6) is -0.0570. The molecule has 1 aromatic heterocycles. The lowest BCUT2D eigenvalue weighted by atomic mass is 10.1.